The lowest BCUT2D eigenvalue weighted by Crippen LogP contribution is -2.28. The van der Waals surface area contributed by atoms with Crippen LogP contribution in [0.4, 0.5) is 4.39 Å². The zero-order chi connectivity index (χ0) is 12.2. The summed E-state index contributed by atoms with van der Waals surface area (Å²) in [6.45, 7) is 6.09. The summed E-state index contributed by atoms with van der Waals surface area (Å²) < 4.78 is 13.1. The smallest absolute Gasteiger partial charge is 0.124 e. The highest BCUT2D eigenvalue weighted by Gasteiger charge is 2.10. The number of nitriles is 1. The van der Waals surface area contributed by atoms with Crippen molar-refractivity contribution in [2.75, 3.05) is 0 Å². The molecule has 1 aromatic carbocycles. The summed E-state index contributed by atoms with van der Waals surface area (Å²) in [5, 5.41) is 8.67. The summed E-state index contributed by atoms with van der Waals surface area (Å²) >= 11 is 0. The molecule has 0 fully saturated rings. The number of hydrogen-bond donors (Lipinski definition) is 1. The molecule has 3 nitrogen and oxygen atoms in total. The second-order valence-corrected chi connectivity index (χ2v) is 4.50. The van der Waals surface area contributed by atoms with Gasteiger partial charge in [0.1, 0.15) is 5.82 Å². The van der Waals surface area contributed by atoms with Crippen LogP contribution in [0, 0.1) is 17.1 Å². The van der Waals surface area contributed by atoms with Gasteiger partial charge in [0, 0.05) is 6.54 Å². The fraction of sp³-hybridized carbons (Fsp3) is 0.417. The van der Waals surface area contributed by atoms with Gasteiger partial charge in [-0.15, -0.1) is 0 Å². The van der Waals surface area contributed by atoms with E-state index in [1.165, 1.54) is 12.1 Å². The molecule has 16 heavy (non-hydrogen) atoms. The SMILES string of the molecule is CC(C)(C)ONCc1cc(F)cc(C#N)c1. The summed E-state index contributed by atoms with van der Waals surface area (Å²) in [5.41, 5.74) is 3.44. The Morgan fingerprint density at radius 3 is 2.62 bits per heavy atom. The fourth-order valence-electron chi connectivity index (χ4n) is 1.15. The summed E-state index contributed by atoms with van der Waals surface area (Å²) in [5.74, 6) is -0.411. The van der Waals surface area contributed by atoms with Gasteiger partial charge in [-0.05, 0) is 44.5 Å². The van der Waals surface area contributed by atoms with Gasteiger partial charge in [0.25, 0.3) is 0 Å². The molecule has 0 unspecified atom stereocenters. The van der Waals surface area contributed by atoms with Crippen LogP contribution in [0.2, 0.25) is 0 Å². The Balaban J connectivity index is 2.61. The van der Waals surface area contributed by atoms with E-state index >= 15 is 0 Å². The number of rotatable bonds is 3. The lowest BCUT2D eigenvalue weighted by atomic mass is 10.1. The highest BCUT2D eigenvalue weighted by Crippen LogP contribution is 2.09. The zero-order valence-electron chi connectivity index (χ0n) is 9.67. The van der Waals surface area contributed by atoms with E-state index in [2.05, 4.69) is 5.48 Å². The van der Waals surface area contributed by atoms with Gasteiger partial charge >= 0.3 is 0 Å². The van der Waals surface area contributed by atoms with Crippen LogP contribution in [0.25, 0.3) is 0 Å². The lowest BCUT2D eigenvalue weighted by Gasteiger charge is -2.19. The van der Waals surface area contributed by atoms with Crippen LogP contribution >= 0.6 is 0 Å². The second-order valence-electron chi connectivity index (χ2n) is 4.50. The van der Waals surface area contributed by atoms with Gasteiger partial charge in [-0.1, -0.05) is 0 Å². The molecular weight excluding hydrogens is 207 g/mol. The van der Waals surface area contributed by atoms with Crippen molar-refractivity contribution in [3.8, 4) is 6.07 Å². The van der Waals surface area contributed by atoms with Crippen LogP contribution in [0.3, 0.4) is 0 Å². The average molecular weight is 222 g/mol. The molecule has 0 amide bonds. The van der Waals surface area contributed by atoms with Crippen molar-refractivity contribution in [3.05, 3.63) is 35.1 Å². The van der Waals surface area contributed by atoms with Gasteiger partial charge < -0.3 is 0 Å². The second kappa shape index (κ2) is 5.06. The topological polar surface area (TPSA) is 45.0 Å². The van der Waals surface area contributed by atoms with Gasteiger partial charge in [-0.2, -0.15) is 10.7 Å². The third-order valence-corrected chi connectivity index (χ3v) is 1.74. The Kier molecular flexibility index (Phi) is 3.99. The first-order valence-corrected chi connectivity index (χ1v) is 5.01. The monoisotopic (exact) mass is 222 g/mol. The first-order valence-electron chi connectivity index (χ1n) is 5.01. The molecule has 4 heteroatoms. The number of nitrogens with zero attached hydrogens (tertiary/aromatic N) is 1. The molecule has 0 atom stereocenters. The Morgan fingerprint density at radius 2 is 2.06 bits per heavy atom. The van der Waals surface area contributed by atoms with E-state index in [1.807, 2.05) is 26.8 Å². The molecule has 0 spiro atoms. The molecule has 1 rings (SSSR count). The average Bonchev–Trinajstić information content (AvgIpc) is 2.14. The largest absolute Gasteiger partial charge is 0.296 e. The Bertz CT molecular complexity index is 404. The molecule has 0 aliphatic rings. The van der Waals surface area contributed by atoms with Crippen LogP contribution in [-0.2, 0) is 11.4 Å². The predicted molar refractivity (Wildman–Crippen MR) is 58.8 cm³/mol. The summed E-state index contributed by atoms with van der Waals surface area (Å²) in [6, 6.07) is 6.11. The fourth-order valence-corrected chi connectivity index (χ4v) is 1.15. The summed E-state index contributed by atoms with van der Waals surface area (Å²) in [6.07, 6.45) is 0. The van der Waals surface area contributed by atoms with E-state index in [4.69, 9.17) is 10.1 Å². The maximum absolute atomic E-state index is 13.1. The van der Waals surface area contributed by atoms with Crippen molar-refractivity contribution in [3.63, 3.8) is 0 Å². The molecule has 0 radical (unpaired) electrons. The molecule has 1 N–H and O–H groups in total. The van der Waals surface area contributed by atoms with Crippen molar-refractivity contribution >= 4 is 0 Å². The summed E-state index contributed by atoms with van der Waals surface area (Å²) in [4.78, 5) is 5.29. The van der Waals surface area contributed by atoms with Crippen molar-refractivity contribution in [1.82, 2.24) is 5.48 Å². The standard InChI is InChI=1S/C12H15FN2O/c1-12(2,3)16-15-8-10-4-9(7-14)5-11(13)6-10/h4-6,15H,8H2,1-3H3. The predicted octanol–water partition coefficient (Wildman–Crippen LogP) is 2.52. The van der Waals surface area contributed by atoms with Crippen LogP contribution in [-0.4, -0.2) is 5.60 Å². The molecular formula is C12H15FN2O. The van der Waals surface area contributed by atoms with E-state index in [0.717, 1.165) is 0 Å². The van der Waals surface area contributed by atoms with E-state index in [1.54, 1.807) is 6.07 Å². The third kappa shape index (κ3) is 4.39. The number of benzene rings is 1. The van der Waals surface area contributed by atoms with Gasteiger partial charge in [-0.3, -0.25) is 4.84 Å². The van der Waals surface area contributed by atoms with E-state index in [0.29, 0.717) is 17.7 Å². The Labute approximate surface area is 94.8 Å². The molecule has 0 bridgehead atoms. The number of hydrogen-bond acceptors (Lipinski definition) is 3. The molecule has 0 aliphatic carbocycles. The maximum atomic E-state index is 13.1. The maximum Gasteiger partial charge on any atom is 0.124 e. The van der Waals surface area contributed by atoms with E-state index in [-0.39, 0.29) is 5.60 Å². The van der Waals surface area contributed by atoms with Crippen molar-refractivity contribution in [2.45, 2.75) is 32.9 Å². The molecule has 0 saturated heterocycles. The number of halogens is 1. The third-order valence-electron chi connectivity index (χ3n) is 1.74. The number of hydroxylamine groups is 1. The molecule has 0 saturated carbocycles. The molecule has 86 valence electrons. The highest BCUT2D eigenvalue weighted by molar-refractivity contribution is 5.33. The molecule has 0 aromatic heterocycles. The van der Waals surface area contributed by atoms with Crippen LogP contribution in [0.1, 0.15) is 31.9 Å². The van der Waals surface area contributed by atoms with Gasteiger partial charge in [0.15, 0.2) is 0 Å². The Hall–Kier alpha value is -1.44. The van der Waals surface area contributed by atoms with Gasteiger partial charge in [-0.25, -0.2) is 4.39 Å². The first kappa shape index (κ1) is 12.6. The summed E-state index contributed by atoms with van der Waals surface area (Å²) in [7, 11) is 0. The minimum atomic E-state index is -0.411. The molecule has 0 aliphatic heterocycles. The highest BCUT2D eigenvalue weighted by atomic mass is 19.1. The number of nitrogens with one attached hydrogen (secondary N) is 1. The Morgan fingerprint density at radius 1 is 1.38 bits per heavy atom. The van der Waals surface area contributed by atoms with E-state index in [9.17, 15) is 4.39 Å². The normalized spacial score (nSPS) is 11.2. The lowest BCUT2D eigenvalue weighted by molar-refractivity contribution is -0.0757. The first-order chi connectivity index (χ1) is 7.40. The van der Waals surface area contributed by atoms with Gasteiger partial charge in [0.2, 0.25) is 0 Å². The van der Waals surface area contributed by atoms with Gasteiger partial charge in [0.05, 0.1) is 17.2 Å². The van der Waals surface area contributed by atoms with Crippen molar-refractivity contribution in [1.29, 1.82) is 5.26 Å². The van der Waals surface area contributed by atoms with Crippen LogP contribution in [0.5, 0.6) is 0 Å². The zero-order valence-corrected chi connectivity index (χ0v) is 9.67. The van der Waals surface area contributed by atoms with E-state index < -0.39 is 5.82 Å². The minimum absolute atomic E-state index is 0.300. The minimum Gasteiger partial charge on any atom is -0.296 e. The van der Waals surface area contributed by atoms with Crippen LogP contribution in [0.15, 0.2) is 18.2 Å². The molecule has 1 aromatic rings. The van der Waals surface area contributed by atoms with Crippen LogP contribution < -0.4 is 5.48 Å². The molecule has 0 heterocycles. The van der Waals surface area contributed by atoms with Crippen molar-refractivity contribution in [2.24, 2.45) is 0 Å². The quantitative estimate of drug-likeness (QED) is 0.799. The van der Waals surface area contributed by atoms with Crippen molar-refractivity contribution < 1.29 is 9.23 Å².